The molecular formula is C18H23N3O5. The standard InChI is InChI=1S/C18H23N3O5/c1-6-8-4-7(2-3-19)14(20)17(25)12(8)15(23)11-9(6)5-10(22)13(16(11)24)18(21)26/h3,6,8-13,19,22H,2,4-5,20H2,1H3,(H2,21,26). The Balaban J connectivity index is 2.02. The second kappa shape index (κ2) is 6.42. The van der Waals surface area contributed by atoms with Gasteiger partial charge < -0.3 is 22.0 Å². The molecule has 1 amide bonds. The number of rotatable bonds is 3. The van der Waals surface area contributed by atoms with Crippen LogP contribution in [0.4, 0.5) is 0 Å². The lowest BCUT2D eigenvalue weighted by Gasteiger charge is -2.49. The summed E-state index contributed by atoms with van der Waals surface area (Å²) in [5, 5.41) is 17.5. The summed E-state index contributed by atoms with van der Waals surface area (Å²) in [4.78, 5) is 50.1. The maximum absolute atomic E-state index is 13.0. The average Bonchev–Trinajstić information content (AvgIpc) is 2.56. The molecule has 0 aromatic rings. The molecule has 2 saturated carbocycles. The van der Waals surface area contributed by atoms with Crippen LogP contribution in [0.25, 0.3) is 0 Å². The SMILES string of the molecule is CC1C2CC(CC=N)=C(N)C(=O)C2C(=O)C2C(=O)C(C(N)=O)C(O)CC21. The third-order valence-electron chi connectivity index (χ3n) is 6.40. The fourth-order valence-corrected chi connectivity index (χ4v) is 5.05. The molecular weight excluding hydrogens is 338 g/mol. The van der Waals surface area contributed by atoms with Crippen LogP contribution < -0.4 is 11.5 Å². The minimum absolute atomic E-state index is 0.00324. The molecule has 8 nitrogen and oxygen atoms in total. The van der Waals surface area contributed by atoms with Crippen LogP contribution in [0.5, 0.6) is 0 Å². The van der Waals surface area contributed by atoms with E-state index < -0.39 is 53.0 Å². The van der Waals surface area contributed by atoms with Gasteiger partial charge in [-0.15, -0.1) is 0 Å². The summed E-state index contributed by atoms with van der Waals surface area (Å²) in [6.07, 6.45) is 0.736. The molecule has 0 saturated heterocycles. The number of carbonyl (C=O) groups is 4. The summed E-state index contributed by atoms with van der Waals surface area (Å²) in [6, 6.07) is 0. The number of aliphatic hydroxyl groups excluding tert-OH is 1. The zero-order chi connectivity index (χ0) is 19.3. The highest BCUT2D eigenvalue weighted by atomic mass is 16.3. The van der Waals surface area contributed by atoms with Crippen molar-refractivity contribution in [3.8, 4) is 0 Å². The van der Waals surface area contributed by atoms with Crippen LogP contribution in [-0.2, 0) is 19.2 Å². The van der Waals surface area contributed by atoms with E-state index >= 15 is 0 Å². The van der Waals surface area contributed by atoms with Crippen molar-refractivity contribution in [2.24, 2.45) is 47.0 Å². The van der Waals surface area contributed by atoms with E-state index in [9.17, 15) is 24.3 Å². The fraction of sp³-hybridized carbons (Fsp3) is 0.611. The molecule has 26 heavy (non-hydrogen) atoms. The predicted molar refractivity (Wildman–Crippen MR) is 90.7 cm³/mol. The molecule has 8 heteroatoms. The summed E-state index contributed by atoms with van der Waals surface area (Å²) < 4.78 is 0. The van der Waals surface area contributed by atoms with Gasteiger partial charge in [0.2, 0.25) is 5.91 Å². The Morgan fingerprint density at radius 3 is 2.46 bits per heavy atom. The van der Waals surface area contributed by atoms with Crippen LogP contribution in [-0.4, -0.2) is 40.7 Å². The van der Waals surface area contributed by atoms with Gasteiger partial charge >= 0.3 is 0 Å². The number of fused-ring (bicyclic) bond motifs is 2. The van der Waals surface area contributed by atoms with Gasteiger partial charge in [0.1, 0.15) is 5.92 Å². The summed E-state index contributed by atoms with van der Waals surface area (Å²) >= 11 is 0. The maximum atomic E-state index is 13.0. The van der Waals surface area contributed by atoms with E-state index in [-0.39, 0.29) is 30.4 Å². The Hall–Kier alpha value is -2.35. The second-order valence-electron chi connectivity index (χ2n) is 7.62. The van der Waals surface area contributed by atoms with E-state index in [1.54, 1.807) is 0 Å². The molecule has 3 aliphatic rings. The number of Topliss-reactive ketones (excluding diaryl/α,β-unsaturated/α-hetero) is 3. The molecule has 0 radical (unpaired) electrons. The second-order valence-corrected chi connectivity index (χ2v) is 7.62. The van der Waals surface area contributed by atoms with Gasteiger partial charge in [-0.25, -0.2) is 0 Å². The number of aliphatic hydroxyl groups is 1. The zero-order valence-corrected chi connectivity index (χ0v) is 14.5. The van der Waals surface area contributed by atoms with Crippen molar-refractivity contribution in [2.45, 2.75) is 32.3 Å². The van der Waals surface area contributed by atoms with E-state index in [0.717, 1.165) is 0 Å². The Morgan fingerprint density at radius 2 is 1.88 bits per heavy atom. The highest BCUT2D eigenvalue weighted by Crippen LogP contribution is 2.51. The number of primary amides is 1. The third-order valence-corrected chi connectivity index (χ3v) is 6.40. The summed E-state index contributed by atoms with van der Waals surface area (Å²) in [7, 11) is 0. The molecule has 0 heterocycles. The first-order valence-electron chi connectivity index (χ1n) is 8.76. The number of hydrogen-bond donors (Lipinski definition) is 4. The predicted octanol–water partition coefficient (Wildman–Crippen LogP) is -0.670. The molecule has 0 aromatic heterocycles. The van der Waals surface area contributed by atoms with Gasteiger partial charge in [0, 0.05) is 6.42 Å². The maximum Gasteiger partial charge on any atom is 0.230 e. The molecule has 140 valence electrons. The number of ketones is 3. The Morgan fingerprint density at radius 1 is 1.23 bits per heavy atom. The van der Waals surface area contributed by atoms with Gasteiger partial charge in [-0.3, -0.25) is 19.2 Å². The first-order chi connectivity index (χ1) is 12.2. The fourth-order valence-electron chi connectivity index (χ4n) is 5.05. The van der Waals surface area contributed by atoms with Crippen molar-refractivity contribution in [2.75, 3.05) is 0 Å². The highest BCUT2D eigenvalue weighted by Gasteiger charge is 2.59. The van der Waals surface area contributed by atoms with Crippen molar-refractivity contribution in [3.63, 3.8) is 0 Å². The lowest BCUT2D eigenvalue weighted by molar-refractivity contribution is -0.160. The van der Waals surface area contributed by atoms with Crippen molar-refractivity contribution in [3.05, 3.63) is 11.3 Å². The first-order valence-corrected chi connectivity index (χ1v) is 8.76. The van der Waals surface area contributed by atoms with E-state index in [4.69, 9.17) is 16.9 Å². The van der Waals surface area contributed by atoms with Gasteiger partial charge in [0.05, 0.1) is 23.6 Å². The summed E-state index contributed by atoms with van der Waals surface area (Å²) in [5.41, 5.74) is 11.8. The third kappa shape index (κ3) is 2.51. The number of carbonyl (C=O) groups excluding carboxylic acids is 4. The van der Waals surface area contributed by atoms with Crippen molar-refractivity contribution < 1.29 is 24.3 Å². The quantitative estimate of drug-likeness (QED) is 0.384. The molecule has 7 unspecified atom stereocenters. The van der Waals surface area contributed by atoms with Crippen LogP contribution in [0.2, 0.25) is 0 Å². The van der Waals surface area contributed by atoms with Crippen LogP contribution in [0, 0.1) is 40.9 Å². The van der Waals surface area contributed by atoms with Crippen molar-refractivity contribution in [1.29, 1.82) is 5.41 Å². The zero-order valence-electron chi connectivity index (χ0n) is 14.5. The number of allylic oxidation sites excluding steroid dienone is 2. The lowest BCUT2D eigenvalue weighted by Crippen LogP contribution is -2.60. The van der Waals surface area contributed by atoms with Gasteiger partial charge in [-0.1, -0.05) is 6.92 Å². The van der Waals surface area contributed by atoms with Gasteiger partial charge in [-0.05, 0) is 42.4 Å². The minimum atomic E-state index is -1.41. The largest absolute Gasteiger partial charge is 0.396 e. The Labute approximate surface area is 150 Å². The number of amides is 1. The molecule has 3 rings (SSSR count). The van der Waals surface area contributed by atoms with Crippen LogP contribution in [0.3, 0.4) is 0 Å². The van der Waals surface area contributed by atoms with Crippen LogP contribution in [0.15, 0.2) is 11.3 Å². The Kier molecular flexibility index (Phi) is 4.56. The molecule has 7 atom stereocenters. The lowest BCUT2D eigenvalue weighted by atomic mass is 9.52. The molecule has 0 spiro atoms. The minimum Gasteiger partial charge on any atom is -0.396 e. The summed E-state index contributed by atoms with van der Waals surface area (Å²) in [6.45, 7) is 1.86. The topological polar surface area (TPSA) is 164 Å². The van der Waals surface area contributed by atoms with E-state index in [0.29, 0.717) is 12.0 Å². The molecule has 6 N–H and O–H groups in total. The number of nitrogens with two attached hydrogens (primary N) is 2. The number of hydrogen-bond acceptors (Lipinski definition) is 7. The first kappa shape index (κ1) is 18.4. The molecule has 0 aliphatic heterocycles. The normalized spacial score (nSPS) is 40.1. The monoisotopic (exact) mass is 361 g/mol. The smallest absolute Gasteiger partial charge is 0.230 e. The number of nitrogens with one attached hydrogen (secondary N) is 1. The van der Waals surface area contributed by atoms with Gasteiger partial charge in [0.15, 0.2) is 17.3 Å². The summed E-state index contributed by atoms with van der Waals surface area (Å²) in [5.74, 6) is -7.10. The highest BCUT2D eigenvalue weighted by molar-refractivity contribution is 6.20. The molecule has 3 aliphatic carbocycles. The van der Waals surface area contributed by atoms with E-state index in [1.165, 1.54) is 6.21 Å². The Bertz CT molecular complexity index is 743. The van der Waals surface area contributed by atoms with Crippen LogP contribution in [0.1, 0.15) is 26.2 Å². The molecule has 0 aromatic carbocycles. The van der Waals surface area contributed by atoms with Crippen molar-refractivity contribution >= 4 is 29.5 Å². The molecule has 2 fully saturated rings. The van der Waals surface area contributed by atoms with Gasteiger partial charge in [0.25, 0.3) is 0 Å². The van der Waals surface area contributed by atoms with Gasteiger partial charge in [-0.2, -0.15) is 0 Å². The van der Waals surface area contributed by atoms with Crippen molar-refractivity contribution in [1.82, 2.24) is 0 Å². The van der Waals surface area contributed by atoms with Crippen LogP contribution >= 0.6 is 0 Å². The molecule has 0 bridgehead atoms. The van der Waals surface area contributed by atoms with E-state index in [2.05, 4.69) is 0 Å². The van der Waals surface area contributed by atoms with E-state index in [1.807, 2.05) is 6.92 Å². The average molecular weight is 361 g/mol.